The Morgan fingerprint density at radius 2 is 1.83 bits per heavy atom. The van der Waals surface area contributed by atoms with Crippen molar-refractivity contribution < 1.29 is 0 Å². The van der Waals surface area contributed by atoms with Crippen LogP contribution in [-0.4, -0.2) is 22.9 Å². The molecular weight excluding hydrogens is 386 g/mol. The summed E-state index contributed by atoms with van der Waals surface area (Å²) in [6.45, 7) is 4.05. The SMILES string of the molecule is Cc1cn(-c2ccc3c(=O)n(Cc4nsc5ccccc45)c(C)cn3c2=O)cn1. The van der Waals surface area contributed by atoms with E-state index in [-0.39, 0.29) is 11.1 Å². The zero-order valence-electron chi connectivity index (χ0n) is 15.9. The highest BCUT2D eigenvalue weighted by Crippen LogP contribution is 2.23. The van der Waals surface area contributed by atoms with E-state index in [9.17, 15) is 9.59 Å². The summed E-state index contributed by atoms with van der Waals surface area (Å²) in [5.74, 6) is 0. The van der Waals surface area contributed by atoms with Gasteiger partial charge in [-0.1, -0.05) is 18.2 Å². The van der Waals surface area contributed by atoms with Gasteiger partial charge in [0, 0.05) is 23.5 Å². The van der Waals surface area contributed by atoms with Crippen LogP contribution in [0.1, 0.15) is 17.1 Å². The van der Waals surface area contributed by atoms with E-state index in [1.54, 1.807) is 40.0 Å². The van der Waals surface area contributed by atoms with Gasteiger partial charge in [-0.3, -0.25) is 14.0 Å². The molecule has 5 aromatic rings. The number of aryl methyl sites for hydroxylation is 2. The Bertz CT molecular complexity index is 1510. The van der Waals surface area contributed by atoms with Crippen LogP contribution < -0.4 is 11.1 Å². The van der Waals surface area contributed by atoms with Crippen molar-refractivity contribution in [3.8, 4) is 5.69 Å². The minimum absolute atomic E-state index is 0.215. The van der Waals surface area contributed by atoms with Crippen molar-refractivity contribution >= 4 is 27.1 Å². The summed E-state index contributed by atoms with van der Waals surface area (Å²) in [7, 11) is 0. The molecule has 0 saturated heterocycles. The molecule has 0 aliphatic heterocycles. The quantitative estimate of drug-likeness (QED) is 0.464. The molecule has 7 nitrogen and oxygen atoms in total. The van der Waals surface area contributed by atoms with Crippen LogP contribution in [0.15, 0.2) is 64.7 Å². The second kappa shape index (κ2) is 6.52. The predicted octanol–water partition coefficient (Wildman–Crippen LogP) is 2.92. The highest BCUT2D eigenvalue weighted by atomic mass is 32.1. The van der Waals surface area contributed by atoms with Gasteiger partial charge in [0.1, 0.15) is 11.2 Å². The summed E-state index contributed by atoms with van der Waals surface area (Å²) in [4.78, 5) is 30.3. The van der Waals surface area contributed by atoms with Crippen LogP contribution in [-0.2, 0) is 6.54 Å². The smallest absolute Gasteiger partial charge is 0.279 e. The van der Waals surface area contributed by atoms with E-state index in [1.807, 2.05) is 38.1 Å². The highest BCUT2D eigenvalue weighted by molar-refractivity contribution is 7.13. The Kier molecular flexibility index (Phi) is 3.95. The first kappa shape index (κ1) is 17.6. The van der Waals surface area contributed by atoms with Gasteiger partial charge in [0.15, 0.2) is 0 Å². The molecule has 0 aliphatic rings. The van der Waals surface area contributed by atoms with Crippen molar-refractivity contribution in [3.63, 3.8) is 0 Å². The van der Waals surface area contributed by atoms with E-state index in [0.29, 0.717) is 23.4 Å². The fraction of sp³-hybridized carbons (Fsp3) is 0.143. The van der Waals surface area contributed by atoms with Gasteiger partial charge in [-0.05, 0) is 43.6 Å². The van der Waals surface area contributed by atoms with Crippen molar-refractivity contribution in [1.29, 1.82) is 0 Å². The number of benzene rings is 1. The molecule has 0 saturated carbocycles. The summed E-state index contributed by atoms with van der Waals surface area (Å²) >= 11 is 1.42. The molecule has 4 heterocycles. The second-order valence-corrected chi connectivity index (χ2v) is 7.79. The number of nitrogens with zero attached hydrogens (tertiary/aromatic N) is 5. The zero-order chi connectivity index (χ0) is 20.1. The maximum atomic E-state index is 13.2. The molecule has 0 atom stereocenters. The van der Waals surface area contributed by atoms with E-state index < -0.39 is 0 Å². The second-order valence-electron chi connectivity index (χ2n) is 6.99. The molecule has 29 heavy (non-hydrogen) atoms. The Balaban J connectivity index is 1.67. The fourth-order valence-corrected chi connectivity index (χ4v) is 4.34. The van der Waals surface area contributed by atoms with Crippen LogP contribution >= 0.6 is 11.5 Å². The van der Waals surface area contributed by atoms with E-state index in [0.717, 1.165) is 21.5 Å². The van der Waals surface area contributed by atoms with Crippen LogP contribution in [0.2, 0.25) is 0 Å². The standard InChI is InChI=1S/C21H17N5O2S/c1-13-9-24(12-22-13)17-7-8-18-21(28)25(14(2)10-26(18)20(17)27)11-16-15-5-3-4-6-19(15)29-23-16/h3-10,12H,11H2,1-2H3. The summed E-state index contributed by atoms with van der Waals surface area (Å²) in [6, 6.07) is 11.3. The lowest BCUT2D eigenvalue weighted by Gasteiger charge is -2.12. The number of imidazole rings is 1. The lowest BCUT2D eigenvalue weighted by Crippen LogP contribution is -2.30. The number of pyridine rings is 1. The molecule has 144 valence electrons. The molecule has 4 aromatic heterocycles. The molecule has 1 aromatic carbocycles. The van der Waals surface area contributed by atoms with E-state index in [1.165, 1.54) is 15.9 Å². The average molecular weight is 403 g/mol. The number of hydrogen-bond donors (Lipinski definition) is 0. The van der Waals surface area contributed by atoms with Gasteiger partial charge in [0.05, 0.1) is 29.0 Å². The third-order valence-corrected chi connectivity index (χ3v) is 5.92. The van der Waals surface area contributed by atoms with Crippen molar-refractivity contribution in [3.05, 3.63) is 92.9 Å². The van der Waals surface area contributed by atoms with E-state index in [4.69, 9.17) is 0 Å². The van der Waals surface area contributed by atoms with Gasteiger partial charge in [-0.2, -0.15) is 4.37 Å². The zero-order valence-corrected chi connectivity index (χ0v) is 16.7. The van der Waals surface area contributed by atoms with Crippen LogP contribution in [0.3, 0.4) is 0 Å². The number of aromatic nitrogens is 5. The third-order valence-electron chi connectivity index (χ3n) is 5.05. The Hall–Kier alpha value is -3.52. The summed E-state index contributed by atoms with van der Waals surface area (Å²) in [6.07, 6.45) is 5.09. The maximum absolute atomic E-state index is 13.2. The average Bonchev–Trinajstić information content (AvgIpc) is 3.32. The van der Waals surface area contributed by atoms with Gasteiger partial charge in [-0.25, -0.2) is 4.98 Å². The summed E-state index contributed by atoms with van der Waals surface area (Å²) in [5, 5.41) is 1.05. The molecule has 0 aliphatic carbocycles. The normalized spacial score (nSPS) is 11.5. The monoisotopic (exact) mass is 403 g/mol. The van der Waals surface area contributed by atoms with Crippen molar-refractivity contribution in [2.45, 2.75) is 20.4 Å². The lowest BCUT2D eigenvalue weighted by molar-refractivity contribution is 0.712. The molecule has 0 unspecified atom stereocenters. The highest BCUT2D eigenvalue weighted by Gasteiger charge is 2.14. The van der Waals surface area contributed by atoms with Crippen LogP contribution in [0, 0.1) is 13.8 Å². The maximum Gasteiger partial charge on any atom is 0.279 e. The Morgan fingerprint density at radius 1 is 1.00 bits per heavy atom. The van der Waals surface area contributed by atoms with Crippen LogP contribution in [0.4, 0.5) is 0 Å². The molecule has 0 radical (unpaired) electrons. The largest absolute Gasteiger partial charge is 0.304 e. The third kappa shape index (κ3) is 2.80. The van der Waals surface area contributed by atoms with Crippen molar-refractivity contribution in [1.82, 2.24) is 22.9 Å². The molecule has 8 heteroatoms. The first-order valence-electron chi connectivity index (χ1n) is 9.13. The summed E-state index contributed by atoms with van der Waals surface area (Å²) in [5.41, 5.74) is 2.68. The fourth-order valence-electron chi connectivity index (χ4n) is 3.55. The Morgan fingerprint density at radius 3 is 2.62 bits per heavy atom. The van der Waals surface area contributed by atoms with Gasteiger partial charge in [-0.15, -0.1) is 0 Å². The number of hydrogen-bond acceptors (Lipinski definition) is 5. The van der Waals surface area contributed by atoms with Gasteiger partial charge in [0.25, 0.3) is 11.1 Å². The lowest BCUT2D eigenvalue weighted by atomic mass is 10.2. The first-order chi connectivity index (χ1) is 14.0. The first-order valence-corrected chi connectivity index (χ1v) is 9.90. The minimum Gasteiger partial charge on any atom is -0.304 e. The minimum atomic E-state index is -0.258. The molecule has 0 spiro atoms. The van der Waals surface area contributed by atoms with Crippen molar-refractivity contribution in [2.75, 3.05) is 0 Å². The molecule has 0 fully saturated rings. The Labute approximate surface area is 169 Å². The number of rotatable bonds is 3. The van der Waals surface area contributed by atoms with Gasteiger partial charge < -0.3 is 9.13 Å². The van der Waals surface area contributed by atoms with Gasteiger partial charge >= 0.3 is 0 Å². The summed E-state index contributed by atoms with van der Waals surface area (Å²) < 4.78 is 10.4. The predicted molar refractivity (Wildman–Crippen MR) is 113 cm³/mol. The van der Waals surface area contributed by atoms with Crippen LogP contribution in [0.25, 0.3) is 21.3 Å². The van der Waals surface area contributed by atoms with Gasteiger partial charge in [0.2, 0.25) is 0 Å². The van der Waals surface area contributed by atoms with Crippen LogP contribution in [0.5, 0.6) is 0 Å². The van der Waals surface area contributed by atoms with E-state index >= 15 is 0 Å². The van der Waals surface area contributed by atoms with Crippen molar-refractivity contribution in [2.24, 2.45) is 0 Å². The van der Waals surface area contributed by atoms with E-state index in [2.05, 4.69) is 9.36 Å². The molecule has 0 bridgehead atoms. The topological polar surface area (TPSA) is 74.2 Å². The molecule has 0 N–H and O–H groups in total. The molecular formula is C21H17N5O2S. The molecule has 5 rings (SSSR count). The number of fused-ring (bicyclic) bond motifs is 2. The molecule has 0 amide bonds.